The number of carbonyl (C=O) groups is 1. The lowest BCUT2D eigenvalue weighted by molar-refractivity contribution is -0.133. The van der Waals surface area contributed by atoms with Crippen LogP contribution in [-0.4, -0.2) is 47.9 Å². The summed E-state index contributed by atoms with van der Waals surface area (Å²) in [5.41, 5.74) is 0. The van der Waals surface area contributed by atoms with Crippen molar-refractivity contribution < 1.29 is 4.79 Å². The predicted molar refractivity (Wildman–Crippen MR) is 79.0 cm³/mol. The first-order valence-electron chi connectivity index (χ1n) is 8.16. The van der Waals surface area contributed by atoms with E-state index in [-0.39, 0.29) is 5.92 Å². The van der Waals surface area contributed by atoms with E-state index in [4.69, 9.17) is 5.26 Å². The predicted octanol–water partition coefficient (Wildman–Crippen LogP) is 2.40. The van der Waals surface area contributed by atoms with Gasteiger partial charge in [0.1, 0.15) is 0 Å². The summed E-state index contributed by atoms with van der Waals surface area (Å²) in [5.74, 6) is 0.614. The molecule has 20 heavy (non-hydrogen) atoms. The van der Waals surface area contributed by atoms with Gasteiger partial charge in [-0.2, -0.15) is 5.26 Å². The molecule has 4 heteroatoms. The van der Waals surface area contributed by atoms with Crippen LogP contribution in [0.2, 0.25) is 0 Å². The molecule has 1 aliphatic heterocycles. The lowest BCUT2D eigenvalue weighted by Gasteiger charge is -2.41. The van der Waals surface area contributed by atoms with Gasteiger partial charge in [0, 0.05) is 44.6 Å². The van der Waals surface area contributed by atoms with Gasteiger partial charge in [-0.15, -0.1) is 0 Å². The van der Waals surface area contributed by atoms with Crippen molar-refractivity contribution in [3.8, 4) is 6.07 Å². The number of piperazine rings is 1. The van der Waals surface area contributed by atoms with Crippen LogP contribution >= 0.6 is 0 Å². The molecule has 2 rings (SSSR count). The number of amides is 1. The van der Waals surface area contributed by atoms with Gasteiger partial charge in [0.25, 0.3) is 0 Å². The molecule has 0 aromatic carbocycles. The van der Waals surface area contributed by atoms with Crippen LogP contribution < -0.4 is 0 Å². The second kappa shape index (κ2) is 7.64. The summed E-state index contributed by atoms with van der Waals surface area (Å²) in [4.78, 5) is 16.6. The summed E-state index contributed by atoms with van der Waals surface area (Å²) in [6.45, 7) is 5.93. The van der Waals surface area contributed by atoms with E-state index in [9.17, 15) is 4.79 Å². The van der Waals surface area contributed by atoms with Crippen LogP contribution in [0.4, 0.5) is 0 Å². The van der Waals surface area contributed by atoms with Crippen molar-refractivity contribution in [2.24, 2.45) is 5.92 Å². The third kappa shape index (κ3) is 3.96. The third-order valence-corrected chi connectivity index (χ3v) is 4.81. The van der Waals surface area contributed by atoms with Crippen LogP contribution in [0.1, 0.15) is 51.9 Å². The minimum Gasteiger partial charge on any atom is -0.340 e. The molecule has 0 radical (unpaired) electrons. The zero-order valence-corrected chi connectivity index (χ0v) is 12.7. The van der Waals surface area contributed by atoms with E-state index in [1.165, 1.54) is 0 Å². The largest absolute Gasteiger partial charge is 0.340 e. The van der Waals surface area contributed by atoms with E-state index < -0.39 is 0 Å². The van der Waals surface area contributed by atoms with Crippen LogP contribution in [0.5, 0.6) is 0 Å². The second-order valence-corrected chi connectivity index (χ2v) is 6.15. The maximum Gasteiger partial charge on any atom is 0.222 e. The van der Waals surface area contributed by atoms with Gasteiger partial charge in [0.05, 0.1) is 6.07 Å². The van der Waals surface area contributed by atoms with Crippen molar-refractivity contribution in [2.75, 3.05) is 26.2 Å². The average molecular weight is 277 g/mol. The molecule has 4 nitrogen and oxygen atoms in total. The summed E-state index contributed by atoms with van der Waals surface area (Å²) in [6.07, 6.45) is 7.23. The number of hydrogen-bond acceptors (Lipinski definition) is 3. The van der Waals surface area contributed by atoms with Crippen molar-refractivity contribution in [1.29, 1.82) is 5.26 Å². The average Bonchev–Trinajstić information content (AvgIpc) is 2.53. The van der Waals surface area contributed by atoms with Gasteiger partial charge < -0.3 is 4.90 Å². The Morgan fingerprint density at radius 1 is 1.15 bits per heavy atom. The lowest BCUT2D eigenvalue weighted by Crippen LogP contribution is -2.52. The molecule has 0 aromatic rings. The smallest absolute Gasteiger partial charge is 0.222 e. The topological polar surface area (TPSA) is 47.3 Å². The maximum atomic E-state index is 12.0. The van der Waals surface area contributed by atoms with Crippen LogP contribution in [0.15, 0.2) is 0 Å². The van der Waals surface area contributed by atoms with Crippen molar-refractivity contribution in [2.45, 2.75) is 57.9 Å². The van der Waals surface area contributed by atoms with Crippen molar-refractivity contribution in [1.82, 2.24) is 9.80 Å². The first-order valence-corrected chi connectivity index (χ1v) is 8.16. The van der Waals surface area contributed by atoms with E-state index in [2.05, 4.69) is 17.9 Å². The number of nitrogens with zero attached hydrogens (tertiary/aromatic N) is 3. The summed E-state index contributed by atoms with van der Waals surface area (Å²) in [7, 11) is 0. The first-order chi connectivity index (χ1) is 9.74. The van der Waals surface area contributed by atoms with Gasteiger partial charge >= 0.3 is 0 Å². The molecular formula is C16H27N3O. The molecule has 0 unspecified atom stereocenters. The summed E-state index contributed by atoms with van der Waals surface area (Å²) in [6, 6.07) is 3.04. The first kappa shape index (κ1) is 15.3. The molecule has 1 saturated carbocycles. The molecule has 2 fully saturated rings. The highest BCUT2D eigenvalue weighted by Crippen LogP contribution is 2.27. The fourth-order valence-electron chi connectivity index (χ4n) is 3.39. The molecule has 0 aromatic heterocycles. The molecule has 0 atom stereocenters. The van der Waals surface area contributed by atoms with Gasteiger partial charge in [0.2, 0.25) is 5.91 Å². The Morgan fingerprint density at radius 2 is 1.80 bits per heavy atom. The molecule has 0 N–H and O–H groups in total. The monoisotopic (exact) mass is 277 g/mol. The van der Waals surface area contributed by atoms with Crippen LogP contribution in [0.25, 0.3) is 0 Å². The molecule has 1 heterocycles. The zero-order chi connectivity index (χ0) is 14.4. The van der Waals surface area contributed by atoms with E-state index in [1.807, 2.05) is 4.90 Å². The second-order valence-electron chi connectivity index (χ2n) is 6.15. The van der Waals surface area contributed by atoms with E-state index >= 15 is 0 Å². The number of hydrogen-bond donors (Lipinski definition) is 0. The Balaban J connectivity index is 1.72. The van der Waals surface area contributed by atoms with Gasteiger partial charge in [-0.3, -0.25) is 9.69 Å². The van der Waals surface area contributed by atoms with Crippen molar-refractivity contribution in [3.05, 3.63) is 0 Å². The minimum absolute atomic E-state index is 0.281. The lowest BCUT2D eigenvalue weighted by atomic mass is 9.86. The summed E-state index contributed by atoms with van der Waals surface area (Å²) < 4.78 is 0. The molecule has 2 aliphatic rings. The highest BCUT2D eigenvalue weighted by atomic mass is 16.2. The number of nitriles is 1. The number of rotatable bonds is 4. The highest BCUT2D eigenvalue weighted by Gasteiger charge is 2.29. The van der Waals surface area contributed by atoms with E-state index in [1.54, 1.807) is 0 Å². The fourth-order valence-corrected chi connectivity index (χ4v) is 3.39. The normalized spacial score (nSPS) is 28.1. The Labute approximate surface area is 122 Å². The summed E-state index contributed by atoms with van der Waals surface area (Å²) >= 11 is 0. The van der Waals surface area contributed by atoms with Gasteiger partial charge in [-0.1, -0.05) is 13.3 Å². The van der Waals surface area contributed by atoms with Crippen molar-refractivity contribution in [3.63, 3.8) is 0 Å². The Hall–Kier alpha value is -1.08. The molecular weight excluding hydrogens is 250 g/mol. The Kier molecular flexibility index (Phi) is 5.85. The zero-order valence-electron chi connectivity index (χ0n) is 12.7. The quantitative estimate of drug-likeness (QED) is 0.793. The van der Waals surface area contributed by atoms with Gasteiger partial charge in [-0.25, -0.2) is 0 Å². The molecule has 112 valence electrons. The van der Waals surface area contributed by atoms with Gasteiger partial charge in [0.15, 0.2) is 0 Å². The molecule has 1 amide bonds. The molecule has 0 bridgehead atoms. The standard InChI is InChI=1S/C16H27N3O/c1-2-3-4-16(20)19-11-9-18(10-12-19)15-7-5-14(13-17)6-8-15/h14-15H,2-12H2,1H3/t14-,15-. The number of unbranched alkanes of at least 4 members (excludes halogenated alkanes) is 1. The molecule has 1 saturated heterocycles. The molecule has 1 aliphatic carbocycles. The molecule has 0 spiro atoms. The SMILES string of the molecule is CCCCC(=O)N1CCN([C@H]2CC[C@H](C#N)CC2)CC1. The fraction of sp³-hybridized carbons (Fsp3) is 0.875. The van der Waals surface area contributed by atoms with E-state index in [0.717, 1.165) is 64.7 Å². The van der Waals surface area contributed by atoms with Crippen molar-refractivity contribution >= 4 is 5.91 Å². The minimum atomic E-state index is 0.281. The van der Waals surface area contributed by atoms with E-state index in [0.29, 0.717) is 18.4 Å². The van der Waals surface area contributed by atoms with Crippen LogP contribution in [0, 0.1) is 17.2 Å². The van der Waals surface area contributed by atoms with Crippen LogP contribution in [-0.2, 0) is 4.79 Å². The number of carbonyl (C=O) groups excluding carboxylic acids is 1. The Bertz CT molecular complexity index is 347. The highest BCUT2D eigenvalue weighted by molar-refractivity contribution is 5.76. The Morgan fingerprint density at radius 3 is 2.35 bits per heavy atom. The summed E-state index contributed by atoms with van der Waals surface area (Å²) in [5, 5.41) is 8.95. The van der Waals surface area contributed by atoms with Gasteiger partial charge in [-0.05, 0) is 32.1 Å². The maximum absolute atomic E-state index is 12.0. The van der Waals surface area contributed by atoms with Crippen LogP contribution in [0.3, 0.4) is 0 Å². The third-order valence-electron chi connectivity index (χ3n) is 4.81.